The first-order chi connectivity index (χ1) is 15.5. The topological polar surface area (TPSA) is 99.8 Å². The summed E-state index contributed by atoms with van der Waals surface area (Å²) in [4.78, 5) is 25.0. The van der Waals surface area contributed by atoms with Crippen LogP contribution in [0.4, 0.5) is 0 Å². The van der Waals surface area contributed by atoms with Gasteiger partial charge in [0.1, 0.15) is 23.7 Å². The maximum Gasteiger partial charge on any atom is 0.272 e. The molecule has 0 radical (unpaired) electrons. The molecule has 0 saturated heterocycles. The lowest BCUT2D eigenvalue weighted by molar-refractivity contribution is -0.121. The van der Waals surface area contributed by atoms with Crippen LogP contribution in [0.25, 0.3) is 16.0 Å². The molecule has 0 bridgehead atoms. The van der Waals surface area contributed by atoms with Gasteiger partial charge in [-0.1, -0.05) is 6.07 Å². The van der Waals surface area contributed by atoms with Crippen LogP contribution < -0.4 is 20.3 Å². The van der Waals surface area contributed by atoms with Crippen molar-refractivity contribution in [1.82, 2.24) is 24.5 Å². The third-order valence-corrected chi connectivity index (χ3v) is 6.54. The van der Waals surface area contributed by atoms with E-state index in [-0.39, 0.29) is 17.5 Å². The van der Waals surface area contributed by atoms with E-state index in [1.165, 1.54) is 15.9 Å². The number of carbonyl (C=O) groups is 1. The fourth-order valence-corrected chi connectivity index (χ4v) is 4.80. The van der Waals surface area contributed by atoms with Gasteiger partial charge in [0.15, 0.2) is 11.5 Å². The van der Waals surface area contributed by atoms with Crippen molar-refractivity contribution in [3.05, 3.63) is 51.4 Å². The molecule has 0 aliphatic carbocycles. The van der Waals surface area contributed by atoms with Crippen molar-refractivity contribution < 1.29 is 14.3 Å². The molecule has 1 aliphatic heterocycles. The SMILES string of the molecule is C[C@H](NC(=O)CCCc1nnc2n(C)c(=O)c3sccc3n12)c1ccc2c(c1)OCCO2. The fourth-order valence-electron chi connectivity index (χ4n) is 3.95. The van der Waals surface area contributed by atoms with E-state index >= 15 is 0 Å². The smallest absolute Gasteiger partial charge is 0.272 e. The third-order valence-electron chi connectivity index (χ3n) is 5.65. The normalized spacial score (nSPS) is 14.1. The lowest BCUT2D eigenvalue weighted by atomic mass is 10.1. The lowest BCUT2D eigenvalue weighted by Crippen LogP contribution is -2.26. The van der Waals surface area contributed by atoms with Gasteiger partial charge in [0.2, 0.25) is 11.7 Å². The summed E-state index contributed by atoms with van der Waals surface area (Å²) in [7, 11) is 1.70. The predicted octanol–water partition coefficient (Wildman–Crippen LogP) is 2.61. The Kier molecular flexibility index (Phi) is 5.30. The molecule has 3 aromatic heterocycles. The number of nitrogens with zero attached hydrogens (tertiary/aromatic N) is 4. The Morgan fingerprint density at radius 3 is 2.88 bits per heavy atom. The molecule has 4 heterocycles. The van der Waals surface area contributed by atoms with E-state index in [0.29, 0.717) is 48.7 Å². The number of fused-ring (bicyclic) bond motifs is 4. The van der Waals surface area contributed by atoms with Crippen molar-refractivity contribution >= 4 is 33.2 Å². The van der Waals surface area contributed by atoms with Gasteiger partial charge in [0, 0.05) is 19.9 Å². The minimum Gasteiger partial charge on any atom is -0.486 e. The molecule has 1 aromatic carbocycles. The van der Waals surface area contributed by atoms with Crippen LogP contribution in [0.15, 0.2) is 34.4 Å². The van der Waals surface area contributed by atoms with Gasteiger partial charge in [-0.15, -0.1) is 21.5 Å². The van der Waals surface area contributed by atoms with Crippen molar-refractivity contribution in [3.63, 3.8) is 0 Å². The molecule has 1 atom stereocenters. The van der Waals surface area contributed by atoms with Crippen molar-refractivity contribution in [2.45, 2.75) is 32.2 Å². The third kappa shape index (κ3) is 3.60. The van der Waals surface area contributed by atoms with Crippen LogP contribution in [0.2, 0.25) is 0 Å². The van der Waals surface area contributed by atoms with Gasteiger partial charge in [-0.05, 0) is 42.5 Å². The number of amides is 1. The average Bonchev–Trinajstić information content (AvgIpc) is 3.44. The van der Waals surface area contributed by atoms with Crippen molar-refractivity contribution in [1.29, 1.82) is 0 Å². The summed E-state index contributed by atoms with van der Waals surface area (Å²) in [5.41, 5.74) is 1.70. The maximum atomic E-state index is 12.5. The van der Waals surface area contributed by atoms with E-state index in [2.05, 4.69) is 15.5 Å². The summed E-state index contributed by atoms with van der Waals surface area (Å²) >= 11 is 1.41. The van der Waals surface area contributed by atoms with Gasteiger partial charge in [-0.2, -0.15) is 0 Å². The molecule has 10 heteroatoms. The molecule has 9 nitrogen and oxygen atoms in total. The van der Waals surface area contributed by atoms with Gasteiger partial charge >= 0.3 is 0 Å². The van der Waals surface area contributed by atoms with Crippen LogP contribution in [0.1, 0.15) is 37.2 Å². The van der Waals surface area contributed by atoms with Gasteiger partial charge in [-0.25, -0.2) is 0 Å². The van der Waals surface area contributed by atoms with Crippen LogP contribution in [-0.2, 0) is 18.3 Å². The average molecular weight is 454 g/mol. The number of benzene rings is 1. The number of thiophene rings is 1. The zero-order valence-corrected chi connectivity index (χ0v) is 18.6. The zero-order chi connectivity index (χ0) is 22.2. The predicted molar refractivity (Wildman–Crippen MR) is 121 cm³/mol. The second kappa shape index (κ2) is 8.27. The van der Waals surface area contributed by atoms with Crippen molar-refractivity contribution in [3.8, 4) is 11.5 Å². The lowest BCUT2D eigenvalue weighted by Gasteiger charge is -2.21. The number of carbonyl (C=O) groups excluding carboxylic acids is 1. The molecule has 166 valence electrons. The Balaban J connectivity index is 1.24. The second-order valence-corrected chi connectivity index (χ2v) is 8.71. The number of aryl methyl sites for hydroxylation is 2. The van der Waals surface area contributed by atoms with Crippen LogP contribution >= 0.6 is 11.3 Å². The van der Waals surface area contributed by atoms with Gasteiger partial charge in [0.05, 0.1) is 11.6 Å². The molecular formula is C22H23N5O4S. The van der Waals surface area contributed by atoms with Crippen LogP contribution in [0.5, 0.6) is 11.5 Å². The van der Waals surface area contributed by atoms with Crippen molar-refractivity contribution in [2.75, 3.05) is 13.2 Å². The Morgan fingerprint density at radius 2 is 2.03 bits per heavy atom. The largest absolute Gasteiger partial charge is 0.486 e. The summed E-state index contributed by atoms with van der Waals surface area (Å²) in [6, 6.07) is 7.49. The Labute approximate surface area is 187 Å². The molecule has 0 spiro atoms. The van der Waals surface area contributed by atoms with E-state index < -0.39 is 0 Å². The monoisotopic (exact) mass is 453 g/mol. The fraction of sp³-hybridized carbons (Fsp3) is 0.364. The van der Waals surface area contributed by atoms with Crippen LogP contribution in [-0.4, -0.2) is 38.3 Å². The number of rotatable bonds is 6. The first-order valence-electron chi connectivity index (χ1n) is 10.5. The van der Waals surface area contributed by atoms with Crippen LogP contribution in [0.3, 0.4) is 0 Å². The summed E-state index contributed by atoms with van der Waals surface area (Å²) in [6.45, 7) is 3.03. The summed E-state index contributed by atoms with van der Waals surface area (Å²) in [5.74, 6) is 2.66. The molecule has 32 heavy (non-hydrogen) atoms. The molecule has 1 amide bonds. The van der Waals surface area contributed by atoms with Gasteiger partial charge in [-0.3, -0.25) is 18.6 Å². The first-order valence-corrected chi connectivity index (χ1v) is 11.4. The van der Waals surface area contributed by atoms with Gasteiger partial charge < -0.3 is 14.8 Å². The molecule has 1 aliphatic rings. The molecule has 5 rings (SSSR count). The number of hydrogen-bond donors (Lipinski definition) is 1. The number of nitrogens with one attached hydrogen (secondary N) is 1. The highest BCUT2D eigenvalue weighted by molar-refractivity contribution is 7.17. The highest BCUT2D eigenvalue weighted by Crippen LogP contribution is 2.32. The highest BCUT2D eigenvalue weighted by atomic mass is 32.1. The molecule has 4 aromatic rings. The number of ether oxygens (including phenoxy) is 2. The number of hydrogen-bond acceptors (Lipinski definition) is 7. The van der Waals surface area contributed by atoms with Crippen molar-refractivity contribution in [2.24, 2.45) is 7.05 Å². The van der Waals surface area contributed by atoms with Gasteiger partial charge in [0.25, 0.3) is 5.56 Å². The molecule has 0 saturated carbocycles. The van der Waals surface area contributed by atoms with E-state index in [1.807, 2.05) is 41.0 Å². The summed E-state index contributed by atoms with van der Waals surface area (Å²) in [6.07, 6.45) is 1.56. The molecule has 0 fully saturated rings. The molecule has 1 N–H and O–H groups in total. The summed E-state index contributed by atoms with van der Waals surface area (Å²) in [5, 5.41) is 13.4. The minimum atomic E-state index is -0.146. The minimum absolute atomic E-state index is 0.0331. The zero-order valence-electron chi connectivity index (χ0n) is 17.8. The van der Waals surface area contributed by atoms with E-state index in [0.717, 1.165) is 22.7 Å². The van der Waals surface area contributed by atoms with E-state index in [4.69, 9.17) is 9.47 Å². The van der Waals surface area contributed by atoms with Crippen LogP contribution in [0, 0.1) is 0 Å². The summed E-state index contributed by atoms with van der Waals surface area (Å²) < 4.78 is 15.3. The Bertz CT molecular complexity index is 1370. The Hall–Kier alpha value is -3.40. The second-order valence-electron chi connectivity index (χ2n) is 7.80. The quantitative estimate of drug-likeness (QED) is 0.482. The first kappa shape index (κ1) is 20.5. The maximum absolute atomic E-state index is 12.5. The van der Waals surface area contributed by atoms with E-state index in [1.54, 1.807) is 7.05 Å². The molecular weight excluding hydrogens is 430 g/mol. The number of aromatic nitrogens is 4. The Morgan fingerprint density at radius 1 is 1.22 bits per heavy atom. The van der Waals surface area contributed by atoms with E-state index in [9.17, 15) is 9.59 Å². The standard InChI is InChI=1S/C22H23N5O4S/c1-13(14-6-7-16-17(12-14)31-10-9-30-16)23-19(28)5-3-4-18-24-25-22-26(2)21(29)20-15(27(18)22)8-11-32-20/h6-8,11-13H,3-5,9-10H2,1-2H3,(H,23,28)/t13-/m0/s1. The molecule has 0 unspecified atom stereocenters. The highest BCUT2D eigenvalue weighted by Gasteiger charge is 2.18.